The fourth-order valence-electron chi connectivity index (χ4n) is 4.65. The van der Waals surface area contributed by atoms with Gasteiger partial charge in [0.25, 0.3) is 5.91 Å². The molecule has 4 rings (SSSR count). The smallest absolute Gasteiger partial charge is 0.273 e. The zero-order valence-electron chi connectivity index (χ0n) is 14.4. The lowest BCUT2D eigenvalue weighted by molar-refractivity contribution is -0.148. The second-order valence-corrected chi connectivity index (χ2v) is 7.20. The predicted octanol–water partition coefficient (Wildman–Crippen LogP) is 1.12. The summed E-state index contributed by atoms with van der Waals surface area (Å²) in [5.41, 5.74) is 0.296. The third-order valence-corrected chi connectivity index (χ3v) is 5.72. The maximum atomic E-state index is 12.6. The van der Waals surface area contributed by atoms with E-state index in [4.69, 9.17) is 4.42 Å². The number of hydrogen-bond donors (Lipinski definition) is 2. The first-order valence-electron chi connectivity index (χ1n) is 8.85. The molecule has 2 N–H and O–H groups in total. The molecule has 3 fully saturated rings. The van der Waals surface area contributed by atoms with Gasteiger partial charge in [-0.2, -0.15) is 0 Å². The van der Waals surface area contributed by atoms with Gasteiger partial charge in [0.15, 0.2) is 11.6 Å². The second kappa shape index (κ2) is 7.33. The Morgan fingerprint density at radius 1 is 1.44 bits per heavy atom. The molecule has 3 aliphatic heterocycles. The van der Waals surface area contributed by atoms with Crippen LogP contribution in [0.4, 0.5) is 0 Å². The molecule has 7 nitrogen and oxygen atoms in total. The number of rotatable bonds is 3. The molecular weight excluding hydrogens is 344 g/mol. The van der Waals surface area contributed by atoms with Crippen LogP contribution in [0.2, 0.25) is 0 Å². The summed E-state index contributed by atoms with van der Waals surface area (Å²) in [5.74, 6) is 1.45. The van der Waals surface area contributed by atoms with Gasteiger partial charge in [0.1, 0.15) is 6.26 Å². The van der Waals surface area contributed by atoms with E-state index in [1.807, 2.05) is 0 Å². The van der Waals surface area contributed by atoms with Crippen LogP contribution in [0.5, 0.6) is 0 Å². The van der Waals surface area contributed by atoms with Crippen molar-refractivity contribution in [3.05, 3.63) is 17.8 Å². The van der Waals surface area contributed by atoms with E-state index in [1.165, 1.54) is 6.26 Å². The molecule has 3 aliphatic rings. The van der Waals surface area contributed by atoms with Crippen molar-refractivity contribution in [1.29, 1.82) is 0 Å². The van der Waals surface area contributed by atoms with Gasteiger partial charge in [-0.3, -0.25) is 9.59 Å². The highest BCUT2D eigenvalue weighted by Gasteiger charge is 2.47. The summed E-state index contributed by atoms with van der Waals surface area (Å²) in [6.07, 6.45) is 5.22. The summed E-state index contributed by atoms with van der Waals surface area (Å²) in [7, 11) is 0. The van der Waals surface area contributed by atoms with E-state index in [1.54, 1.807) is 6.92 Å². The summed E-state index contributed by atoms with van der Waals surface area (Å²) in [5, 5.41) is 6.46. The molecule has 25 heavy (non-hydrogen) atoms. The molecule has 0 saturated carbocycles. The molecule has 1 aromatic rings. The largest absolute Gasteiger partial charge is 0.448 e. The maximum absolute atomic E-state index is 12.6. The fourth-order valence-corrected chi connectivity index (χ4v) is 4.65. The summed E-state index contributed by atoms with van der Waals surface area (Å²) in [6.45, 7) is 4.10. The van der Waals surface area contributed by atoms with Crippen LogP contribution in [0, 0.1) is 18.8 Å². The average molecular weight is 369 g/mol. The molecule has 0 unspecified atom stereocenters. The van der Waals surface area contributed by atoms with Crippen LogP contribution in [-0.4, -0.2) is 53.4 Å². The van der Waals surface area contributed by atoms with Crippen LogP contribution in [-0.2, 0) is 4.79 Å². The van der Waals surface area contributed by atoms with Crippen LogP contribution in [0.1, 0.15) is 42.1 Å². The molecule has 4 heterocycles. The number of carbonyl (C=O) groups excluding carboxylic acids is 2. The van der Waals surface area contributed by atoms with Gasteiger partial charge in [0.05, 0.1) is 6.04 Å². The molecular formula is C17H25ClN4O3. The molecule has 0 radical (unpaired) electrons. The van der Waals surface area contributed by atoms with Crippen LogP contribution in [0.25, 0.3) is 0 Å². The molecule has 138 valence electrons. The first-order valence-corrected chi connectivity index (χ1v) is 8.85. The zero-order valence-corrected chi connectivity index (χ0v) is 15.2. The topological polar surface area (TPSA) is 87.5 Å². The highest BCUT2D eigenvalue weighted by molar-refractivity contribution is 5.92. The van der Waals surface area contributed by atoms with Gasteiger partial charge in [0.2, 0.25) is 5.91 Å². The number of halogens is 1. The summed E-state index contributed by atoms with van der Waals surface area (Å²) < 4.78 is 5.10. The zero-order chi connectivity index (χ0) is 16.7. The Bertz CT molecular complexity index is 650. The van der Waals surface area contributed by atoms with E-state index < -0.39 is 0 Å². The van der Waals surface area contributed by atoms with Crippen LogP contribution < -0.4 is 10.6 Å². The monoisotopic (exact) mass is 368 g/mol. The van der Waals surface area contributed by atoms with Gasteiger partial charge in [-0.15, -0.1) is 12.4 Å². The lowest BCUT2D eigenvalue weighted by Gasteiger charge is -2.54. The van der Waals surface area contributed by atoms with E-state index in [0.29, 0.717) is 42.4 Å². The van der Waals surface area contributed by atoms with Crippen molar-refractivity contribution in [3.8, 4) is 0 Å². The first kappa shape index (κ1) is 18.2. The Balaban J connectivity index is 0.00000182. The standard InChI is InChI=1S/C17H24N4O3.ClH/c1-10-20-13(9-24-10)17(23)19-8-15-12-5-11(6-18-7-12)14-3-2-4-16(22)21(14)15;/h9,11-12,14-15,18H,2-8H2,1H3,(H,19,23);1H/t11-,12+,14+,15+;/m1./s1. The van der Waals surface area contributed by atoms with E-state index in [0.717, 1.165) is 32.4 Å². The van der Waals surface area contributed by atoms with Gasteiger partial charge >= 0.3 is 0 Å². The minimum absolute atomic E-state index is 0. The van der Waals surface area contributed by atoms with Crippen molar-refractivity contribution in [2.45, 2.75) is 44.7 Å². The molecule has 2 amide bonds. The Kier molecular flexibility index (Phi) is 5.34. The van der Waals surface area contributed by atoms with Gasteiger partial charge in [-0.1, -0.05) is 0 Å². The van der Waals surface area contributed by atoms with Crippen molar-refractivity contribution in [3.63, 3.8) is 0 Å². The number of piperidine rings is 3. The summed E-state index contributed by atoms with van der Waals surface area (Å²) >= 11 is 0. The SMILES string of the molecule is Cc1nc(C(=O)NC[C@H]2[C@@H]3CNC[C@@H](C3)[C@@H]3CCCC(=O)N32)co1.Cl. The minimum Gasteiger partial charge on any atom is -0.448 e. The van der Waals surface area contributed by atoms with Crippen LogP contribution in [0.3, 0.4) is 0 Å². The lowest BCUT2D eigenvalue weighted by atomic mass is 9.72. The third-order valence-electron chi connectivity index (χ3n) is 5.72. The highest BCUT2D eigenvalue weighted by atomic mass is 35.5. The van der Waals surface area contributed by atoms with Crippen molar-refractivity contribution < 1.29 is 14.0 Å². The predicted molar refractivity (Wildman–Crippen MR) is 93.6 cm³/mol. The lowest BCUT2D eigenvalue weighted by Crippen LogP contribution is -2.66. The fraction of sp³-hybridized carbons (Fsp3) is 0.706. The number of nitrogens with zero attached hydrogens (tertiary/aromatic N) is 2. The third kappa shape index (κ3) is 3.40. The number of aromatic nitrogens is 1. The van der Waals surface area contributed by atoms with Crippen molar-refractivity contribution >= 4 is 24.2 Å². The highest BCUT2D eigenvalue weighted by Crippen LogP contribution is 2.39. The van der Waals surface area contributed by atoms with Gasteiger partial charge in [0, 0.05) is 32.5 Å². The van der Waals surface area contributed by atoms with Crippen molar-refractivity contribution in [2.24, 2.45) is 11.8 Å². The van der Waals surface area contributed by atoms with Crippen LogP contribution >= 0.6 is 12.4 Å². The molecule has 3 saturated heterocycles. The first-order chi connectivity index (χ1) is 11.6. The van der Waals surface area contributed by atoms with Crippen molar-refractivity contribution in [1.82, 2.24) is 20.5 Å². The summed E-state index contributed by atoms with van der Waals surface area (Å²) in [4.78, 5) is 31.0. The molecule has 2 bridgehead atoms. The second-order valence-electron chi connectivity index (χ2n) is 7.20. The Hall–Kier alpha value is -1.60. The Morgan fingerprint density at radius 2 is 2.24 bits per heavy atom. The number of aryl methyl sites for hydroxylation is 1. The summed E-state index contributed by atoms with van der Waals surface area (Å²) in [6, 6.07) is 0.398. The molecule has 0 spiro atoms. The van der Waals surface area contributed by atoms with Crippen LogP contribution in [0.15, 0.2) is 10.7 Å². The number of oxazole rings is 1. The number of hydrogen-bond acceptors (Lipinski definition) is 5. The molecule has 1 aromatic heterocycles. The quantitative estimate of drug-likeness (QED) is 0.834. The van der Waals surface area contributed by atoms with E-state index in [-0.39, 0.29) is 30.3 Å². The Morgan fingerprint density at radius 3 is 3.00 bits per heavy atom. The average Bonchev–Trinajstić information content (AvgIpc) is 3.02. The molecule has 4 atom stereocenters. The van der Waals surface area contributed by atoms with Crippen molar-refractivity contribution in [2.75, 3.05) is 19.6 Å². The normalized spacial score (nSPS) is 31.1. The Labute approximate surface area is 153 Å². The van der Waals surface area contributed by atoms with Gasteiger partial charge in [-0.25, -0.2) is 4.98 Å². The van der Waals surface area contributed by atoms with Gasteiger partial charge < -0.3 is 20.0 Å². The van der Waals surface area contributed by atoms with E-state index in [9.17, 15) is 9.59 Å². The van der Waals surface area contributed by atoms with E-state index in [2.05, 4.69) is 20.5 Å². The maximum Gasteiger partial charge on any atom is 0.273 e. The minimum atomic E-state index is -0.237. The molecule has 8 heteroatoms. The number of amides is 2. The number of fused-ring (bicyclic) bond motifs is 4. The molecule has 0 aromatic carbocycles. The van der Waals surface area contributed by atoms with E-state index >= 15 is 0 Å². The van der Waals surface area contributed by atoms with Gasteiger partial charge in [-0.05, 0) is 37.6 Å². The molecule has 0 aliphatic carbocycles. The number of nitrogens with one attached hydrogen (secondary N) is 2. The number of carbonyl (C=O) groups is 2.